The van der Waals surface area contributed by atoms with E-state index >= 15 is 0 Å². The van der Waals surface area contributed by atoms with Crippen LogP contribution in [0, 0.1) is 0 Å². The largest absolute Gasteiger partial charge is 0.309 e. The van der Waals surface area contributed by atoms with Crippen molar-refractivity contribution in [3.8, 4) is 62.1 Å². The molecule has 9 aromatic rings. The molecule has 49 heavy (non-hydrogen) atoms. The summed E-state index contributed by atoms with van der Waals surface area (Å²) in [5, 5.41) is 0.805. The van der Waals surface area contributed by atoms with Gasteiger partial charge in [0.2, 0.25) is 0 Å². The highest BCUT2D eigenvalue weighted by atomic mass is 15.0. The van der Waals surface area contributed by atoms with E-state index in [1.54, 1.807) is 22.8 Å². The first kappa shape index (κ1) is 20.6. The van der Waals surface area contributed by atoms with Crippen LogP contribution in [0.1, 0.15) is 12.3 Å². The molecule has 0 aliphatic heterocycles. The number of benzene rings is 7. The molecule has 0 spiro atoms. The third-order valence-electron chi connectivity index (χ3n) is 8.47. The van der Waals surface area contributed by atoms with Crippen molar-refractivity contribution in [2.45, 2.75) is 0 Å². The van der Waals surface area contributed by atoms with Crippen molar-refractivity contribution in [3.05, 3.63) is 182 Å². The normalized spacial score (nSPS) is 13.8. The molecular weight excluding hydrogens is 597 g/mol. The molecule has 0 amide bonds. The maximum absolute atomic E-state index is 9.00. The summed E-state index contributed by atoms with van der Waals surface area (Å²) >= 11 is 0. The van der Waals surface area contributed by atoms with Gasteiger partial charge in [-0.3, -0.25) is 0 Å². The summed E-state index contributed by atoms with van der Waals surface area (Å²) in [6, 6.07) is 36.6. The Morgan fingerprint density at radius 2 is 0.918 bits per heavy atom. The Kier molecular flexibility index (Phi) is 5.11. The lowest BCUT2D eigenvalue weighted by molar-refractivity contribution is 1.07. The summed E-state index contributed by atoms with van der Waals surface area (Å²) in [5.41, 5.74) is 5.98. The van der Waals surface area contributed by atoms with Crippen LogP contribution < -0.4 is 0 Å². The third kappa shape index (κ3) is 5.35. The molecule has 0 aliphatic rings. The van der Waals surface area contributed by atoms with Crippen molar-refractivity contribution in [1.82, 2.24) is 19.5 Å². The first-order valence-corrected chi connectivity index (χ1v) is 15.7. The van der Waals surface area contributed by atoms with Gasteiger partial charge in [0.1, 0.15) is 0 Å². The molecule has 0 fully saturated rings. The van der Waals surface area contributed by atoms with Gasteiger partial charge in [-0.15, -0.1) is 0 Å². The van der Waals surface area contributed by atoms with Crippen molar-refractivity contribution in [2.75, 3.05) is 0 Å². The van der Waals surface area contributed by atoms with Crippen molar-refractivity contribution >= 4 is 21.8 Å². The maximum Gasteiger partial charge on any atom is 0.164 e. The molecule has 0 saturated heterocycles. The van der Waals surface area contributed by atoms with Crippen LogP contribution in [0.5, 0.6) is 0 Å². The minimum absolute atomic E-state index is 0.00812. The molecule has 0 aliphatic carbocycles. The zero-order valence-corrected chi connectivity index (χ0v) is 25.9. The molecule has 0 N–H and O–H groups in total. The second-order valence-electron chi connectivity index (χ2n) is 11.5. The van der Waals surface area contributed by atoms with E-state index in [4.69, 9.17) is 27.3 Å². The Morgan fingerprint density at radius 3 is 1.65 bits per heavy atom. The van der Waals surface area contributed by atoms with Gasteiger partial charge in [-0.25, -0.2) is 15.0 Å². The first-order valence-electron chi connectivity index (χ1n) is 20.2. The highest BCUT2D eigenvalue weighted by molar-refractivity contribution is 6.10. The van der Waals surface area contributed by atoms with Crippen LogP contribution in [-0.4, -0.2) is 19.5 Å². The first-order chi connectivity index (χ1) is 28.0. The Balaban J connectivity index is 1.23. The molecule has 9 rings (SSSR count). The molecular formula is C45H30N4. The number of nitrogens with zero attached hydrogens (tertiary/aromatic N) is 4. The van der Waals surface area contributed by atoms with E-state index < -0.39 is 24.2 Å². The highest BCUT2D eigenvalue weighted by Gasteiger charge is 2.16. The van der Waals surface area contributed by atoms with E-state index in [0.717, 1.165) is 22.3 Å². The predicted octanol–water partition coefficient (Wildman–Crippen LogP) is 11.3. The number of rotatable bonds is 6. The van der Waals surface area contributed by atoms with Crippen LogP contribution in [0.3, 0.4) is 0 Å². The topological polar surface area (TPSA) is 43.6 Å². The summed E-state index contributed by atoms with van der Waals surface area (Å²) < 4.78 is 78.4. The molecule has 0 unspecified atom stereocenters. The van der Waals surface area contributed by atoms with Gasteiger partial charge in [-0.05, 0) is 64.7 Å². The fraction of sp³-hybridized carbons (Fsp3) is 0. The summed E-state index contributed by atoms with van der Waals surface area (Å²) in [6.45, 7) is 0. The number of hydrogen-bond donors (Lipinski definition) is 0. The van der Waals surface area contributed by atoms with Crippen LogP contribution >= 0.6 is 0 Å². The average molecular weight is 636 g/mol. The van der Waals surface area contributed by atoms with Gasteiger partial charge in [0.25, 0.3) is 0 Å². The lowest BCUT2D eigenvalue weighted by atomic mass is 10.0. The van der Waals surface area contributed by atoms with E-state index in [9.17, 15) is 0 Å². The number of para-hydroxylation sites is 1. The fourth-order valence-corrected chi connectivity index (χ4v) is 6.11. The standard InChI is InChI=1S/C45H30N4/c1-4-13-31(14-5-1)35-19-12-20-37(29-35)45-47-43(33-17-8-3-9-18-33)46-44(48-45)34-23-26-38(27-24-34)49-41-22-11-10-21-39(41)40-28-25-36(30-42(40)49)32-15-6-2-7-16-32/h1-30H/i2D,6D,7D,10D,11D,15D,16D,21D,22D. The molecule has 0 atom stereocenters. The molecule has 0 radical (unpaired) electrons. The fourth-order valence-electron chi connectivity index (χ4n) is 6.11. The van der Waals surface area contributed by atoms with Gasteiger partial charge < -0.3 is 4.57 Å². The summed E-state index contributed by atoms with van der Waals surface area (Å²) in [5.74, 6) is 1.41. The number of hydrogen-bond acceptors (Lipinski definition) is 3. The molecule has 230 valence electrons. The van der Waals surface area contributed by atoms with Crippen LogP contribution in [0.2, 0.25) is 0 Å². The van der Waals surface area contributed by atoms with Crippen LogP contribution in [-0.2, 0) is 0 Å². The number of aromatic nitrogens is 4. The second-order valence-corrected chi connectivity index (χ2v) is 11.5. The quantitative estimate of drug-likeness (QED) is 0.183. The number of fused-ring (bicyclic) bond motifs is 3. The van der Waals surface area contributed by atoms with Gasteiger partial charge in [-0.1, -0.05) is 139 Å². The molecule has 0 saturated carbocycles. The van der Waals surface area contributed by atoms with Crippen LogP contribution in [0.15, 0.2) is 182 Å². The predicted molar refractivity (Wildman–Crippen MR) is 201 cm³/mol. The lowest BCUT2D eigenvalue weighted by Gasteiger charge is -2.12. The molecule has 2 aromatic heterocycles. The minimum Gasteiger partial charge on any atom is -0.309 e. The van der Waals surface area contributed by atoms with Crippen molar-refractivity contribution < 1.29 is 12.3 Å². The van der Waals surface area contributed by atoms with E-state index in [2.05, 4.69) is 6.07 Å². The average Bonchev–Trinajstić information content (AvgIpc) is 3.61. The van der Waals surface area contributed by atoms with E-state index in [-0.39, 0.29) is 41.3 Å². The maximum atomic E-state index is 9.00. The van der Waals surface area contributed by atoms with Gasteiger partial charge in [0, 0.05) is 33.2 Å². The van der Waals surface area contributed by atoms with Crippen LogP contribution in [0.4, 0.5) is 0 Å². The van der Waals surface area contributed by atoms with Gasteiger partial charge in [-0.2, -0.15) is 0 Å². The van der Waals surface area contributed by atoms with E-state index in [1.807, 2.05) is 103 Å². The zero-order chi connectivity index (χ0) is 40.4. The summed E-state index contributed by atoms with van der Waals surface area (Å²) in [4.78, 5) is 14.7. The zero-order valence-electron chi connectivity index (χ0n) is 34.9. The van der Waals surface area contributed by atoms with Crippen LogP contribution in [0.25, 0.3) is 83.9 Å². The SMILES string of the molecule is [2H]c1c([2H])c([2H])c(-c2ccc3c4c([2H])c([2H])c([2H])c([2H])c4n(-c4ccc(-c5nc(-c6ccccc6)nc(-c6cccc(-c7ccccc7)c6)n5)cc4)c3c2)c([2H])c1[2H]. The van der Waals surface area contributed by atoms with Crippen molar-refractivity contribution in [3.63, 3.8) is 0 Å². The minimum atomic E-state index is -0.500. The monoisotopic (exact) mass is 635 g/mol. The molecule has 4 nitrogen and oxygen atoms in total. The van der Waals surface area contributed by atoms with E-state index in [1.165, 1.54) is 0 Å². The Morgan fingerprint density at radius 1 is 0.367 bits per heavy atom. The molecule has 7 aromatic carbocycles. The molecule has 2 heterocycles. The van der Waals surface area contributed by atoms with Gasteiger partial charge in [0.05, 0.1) is 23.4 Å². The third-order valence-corrected chi connectivity index (χ3v) is 8.47. The Labute approximate surface area is 297 Å². The van der Waals surface area contributed by atoms with Gasteiger partial charge >= 0.3 is 0 Å². The summed E-state index contributed by atoms with van der Waals surface area (Å²) in [6.07, 6.45) is 0. The summed E-state index contributed by atoms with van der Waals surface area (Å²) in [7, 11) is 0. The molecule has 0 bridgehead atoms. The Hall–Kier alpha value is -6.65. The highest BCUT2D eigenvalue weighted by Crippen LogP contribution is 2.35. The molecule has 4 heteroatoms. The second kappa shape index (κ2) is 12.2. The Bertz CT molecular complexity index is 3070. The smallest absolute Gasteiger partial charge is 0.164 e. The lowest BCUT2D eigenvalue weighted by Crippen LogP contribution is -2.00. The van der Waals surface area contributed by atoms with Crippen molar-refractivity contribution in [1.29, 1.82) is 0 Å². The van der Waals surface area contributed by atoms with Gasteiger partial charge in [0.15, 0.2) is 17.5 Å². The van der Waals surface area contributed by atoms with E-state index in [0.29, 0.717) is 50.6 Å². The van der Waals surface area contributed by atoms with Crippen molar-refractivity contribution in [2.24, 2.45) is 0 Å².